The van der Waals surface area contributed by atoms with Gasteiger partial charge in [-0.2, -0.15) is 0 Å². The van der Waals surface area contributed by atoms with Crippen molar-refractivity contribution in [1.29, 1.82) is 0 Å². The summed E-state index contributed by atoms with van der Waals surface area (Å²) in [5.74, 6) is -0.540. The van der Waals surface area contributed by atoms with Crippen molar-refractivity contribution in [1.82, 2.24) is 0 Å². The number of hydrogen-bond donors (Lipinski definition) is 1. The van der Waals surface area contributed by atoms with Crippen LogP contribution in [0, 0.1) is 13.8 Å². The molecule has 0 aliphatic heterocycles. The maximum Gasteiger partial charge on any atom is 0.244 e. The molecule has 0 radical (unpaired) electrons. The van der Waals surface area contributed by atoms with Crippen LogP contribution in [0.4, 0.5) is 11.4 Å². The molecule has 24 heavy (non-hydrogen) atoms. The molecule has 2 aromatic rings. The minimum Gasteiger partial charge on any atom is -0.324 e. The van der Waals surface area contributed by atoms with E-state index in [1.165, 1.54) is 11.8 Å². The van der Waals surface area contributed by atoms with Crippen molar-refractivity contribution >= 4 is 46.4 Å². The summed E-state index contributed by atoms with van der Waals surface area (Å²) in [6, 6.07) is 10.5. The summed E-state index contributed by atoms with van der Waals surface area (Å²) < 4.78 is 0. The van der Waals surface area contributed by atoms with Gasteiger partial charge in [0.15, 0.2) is 0 Å². The van der Waals surface area contributed by atoms with E-state index in [-0.39, 0.29) is 18.4 Å². The molecule has 2 amide bonds. The maximum absolute atomic E-state index is 12.3. The predicted molar refractivity (Wildman–Crippen MR) is 99.0 cm³/mol. The van der Waals surface area contributed by atoms with Crippen molar-refractivity contribution < 1.29 is 9.59 Å². The van der Waals surface area contributed by atoms with Gasteiger partial charge in [-0.1, -0.05) is 29.3 Å². The van der Waals surface area contributed by atoms with Crippen LogP contribution in [-0.2, 0) is 9.59 Å². The van der Waals surface area contributed by atoms with Crippen LogP contribution in [0.5, 0.6) is 0 Å². The summed E-state index contributed by atoms with van der Waals surface area (Å²) in [6.07, 6.45) is 0. The molecule has 0 atom stereocenters. The average molecular weight is 365 g/mol. The average Bonchev–Trinajstić information content (AvgIpc) is 2.42. The van der Waals surface area contributed by atoms with E-state index >= 15 is 0 Å². The standard InChI is InChI=1S/C18H18Cl2N2O2/c1-11-4-12(2)6-17(5-11)22(13(3)23)10-18(24)21-16-8-14(19)7-15(20)9-16/h4-9H,10H2,1-3H3,(H,21,24). The highest BCUT2D eigenvalue weighted by molar-refractivity contribution is 6.35. The van der Waals surface area contributed by atoms with E-state index in [1.807, 2.05) is 32.0 Å². The van der Waals surface area contributed by atoms with Crippen LogP contribution in [0.1, 0.15) is 18.1 Å². The fourth-order valence-electron chi connectivity index (χ4n) is 2.46. The zero-order valence-electron chi connectivity index (χ0n) is 13.7. The van der Waals surface area contributed by atoms with Gasteiger partial charge in [-0.15, -0.1) is 0 Å². The third-order valence-corrected chi connectivity index (χ3v) is 3.78. The number of carbonyl (C=O) groups excluding carboxylic acids is 2. The second-order valence-electron chi connectivity index (χ2n) is 5.66. The Morgan fingerprint density at radius 3 is 2.00 bits per heavy atom. The first-order valence-electron chi connectivity index (χ1n) is 7.37. The van der Waals surface area contributed by atoms with Crippen LogP contribution in [0.3, 0.4) is 0 Å². The van der Waals surface area contributed by atoms with E-state index in [0.717, 1.165) is 11.1 Å². The Bertz CT molecular complexity index is 750. The summed E-state index contributed by atoms with van der Waals surface area (Å²) in [4.78, 5) is 25.7. The number of rotatable bonds is 4. The Kier molecular flexibility index (Phi) is 5.86. The largest absolute Gasteiger partial charge is 0.324 e. The number of halogens is 2. The van der Waals surface area contributed by atoms with Crippen molar-refractivity contribution in [3.8, 4) is 0 Å². The van der Waals surface area contributed by atoms with E-state index in [0.29, 0.717) is 21.4 Å². The highest BCUT2D eigenvalue weighted by Gasteiger charge is 2.17. The van der Waals surface area contributed by atoms with Crippen molar-refractivity contribution in [2.75, 3.05) is 16.8 Å². The molecule has 0 fully saturated rings. The number of aryl methyl sites for hydroxylation is 2. The van der Waals surface area contributed by atoms with Crippen LogP contribution in [0.15, 0.2) is 36.4 Å². The van der Waals surface area contributed by atoms with Gasteiger partial charge in [0.05, 0.1) is 0 Å². The molecule has 0 unspecified atom stereocenters. The van der Waals surface area contributed by atoms with E-state index in [9.17, 15) is 9.59 Å². The fourth-order valence-corrected chi connectivity index (χ4v) is 2.99. The van der Waals surface area contributed by atoms with Crippen LogP contribution in [0.2, 0.25) is 10.0 Å². The van der Waals surface area contributed by atoms with Gasteiger partial charge < -0.3 is 10.2 Å². The lowest BCUT2D eigenvalue weighted by Gasteiger charge is -2.22. The van der Waals surface area contributed by atoms with Gasteiger partial charge >= 0.3 is 0 Å². The highest BCUT2D eigenvalue weighted by atomic mass is 35.5. The molecule has 0 saturated carbocycles. The van der Waals surface area contributed by atoms with Crippen LogP contribution >= 0.6 is 23.2 Å². The number of carbonyl (C=O) groups is 2. The second kappa shape index (κ2) is 7.69. The van der Waals surface area contributed by atoms with Gasteiger partial charge in [0, 0.05) is 28.3 Å². The molecule has 6 heteroatoms. The minimum absolute atomic E-state index is 0.0949. The van der Waals surface area contributed by atoms with Gasteiger partial charge in [0.25, 0.3) is 0 Å². The molecule has 0 aromatic heterocycles. The second-order valence-corrected chi connectivity index (χ2v) is 6.53. The van der Waals surface area contributed by atoms with Crippen molar-refractivity contribution in [3.05, 3.63) is 57.6 Å². The summed E-state index contributed by atoms with van der Waals surface area (Å²) in [7, 11) is 0. The van der Waals surface area contributed by atoms with Crippen molar-refractivity contribution in [2.45, 2.75) is 20.8 Å². The smallest absolute Gasteiger partial charge is 0.244 e. The molecule has 2 rings (SSSR count). The zero-order chi connectivity index (χ0) is 17.9. The van der Waals surface area contributed by atoms with E-state index in [1.54, 1.807) is 18.2 Å². The van der Waals surface area contributed by atoms with Crippen LogP contribution in [0.25, 0.3) is 0 Å². The third-order valence-electron chi connectivity index (χ3n) is 3.35. The topological polar surface area (TPSA) is 49.4 Å². The monoisotopic (exact) mass is 364 g/mol. The molecule has 1 N–H and O–H groups in total. The molecule has 4 nitrogen and oxygen atoms in total. The Balaban J connectivity index is 2.18. The Labute approximate surface area is 151 Å². The molecule has 0 spiro atoms. The fraction of sp³-hybridized carbons (Fsp3) is 0.222. The van der Waals surface area contributed by atoms with Crippen LogP contribution < -0.4 is 10.2 Å². The lowest BCUT2D eigenvalue weighted by Crippen LogP contribution is -2.36. The first kappa shape index (κ1) is 18.3. The SMILES string of the molecule is CC(=O)N(CC(=O)Nc1cc(Cl)cc(Cl)c1)c1cc(C)cc(C)c1. The molecule has 0 aliphatic rings. The number of anilines is 2. The molecule has 2 aromatic carbocycles. The Morgan fingerprint density at radius 1 is 0.958 bits per heavy atom. The predicted octanol–water partition coefficient (Wildman–Crippen LogP) is 4.60. The van der Waals surface area contributed by atoms with Crippen molar-refractivity contribution in [3.63, 3.8) is 0 Å². The first-order valence-corrected chi connectivity index (χ1v) is 8.12. The van der Waals surface area contributed by atoms with E-state index in [2.05, 4.69) is 5.32 Å². The summed E-state index contributed by atoms with van der Waals surface area (Å²) in [6.45, 7) is 5.23. The number of nitrogens with zero attached hydrogens (tertiary/aromatic N) is 1. The third kappa shape index (κ3) is 4.98. The Morgan fingerprint density at radius 2 is 1.50 bits per heavy atom. The summed E-state index contributed by atoms with van der Waals surface area (Å²) in [5.41, 5.74) is 3.23. The summed E-state index contributed by atoms with van der Waals surface area (Å²) >= 11 is 11.8. The molecular weight excluding hydrogens is 347 g/mol. The van der Waals surface area contributed by atoms with E-state index in [4.69, 9.17) is 23.2 Å². The van der Waals surface area contributed by atoms with Gasteiger partial charge in [-0.25, -0.2) is 0 Å². The van der Waals surface area contributed by atoms with Crippen LogP contribution in [-0.4, -0.2) is 18.4 Å². The molecule has 0 saturated heterocycles. The quantitative estimate of drug-likeness (QED) is 0.861. The zero-order valence-corrected chi connectivity index (χ0v) is 15.2. The normalized spacial score (nSPS) is 10.4. The molecule has 0 aliphatic carbocycles. The van der Waals surface area contributed by atoms with Crippen molar-refractivity contribution in [2.24, 2.45) is 0 Å². The Hall–Kier alpha value is -2.04. The number of benzene rings is 2. The van der Waals surface area contributed by atoms with Gasteiger partial charge in [0.2, 0.25) is 11.8 Å². The lowest BCUT2D eigenvalue weighted by atomic mass is 10.1. The highest BCUT2D eigenvalue weighted by Crippen LogP contribution is 2.23. The summed E-state index contributed by atoms with van der Waals surface area (Å²) in [5, 5.41) is 3.56. The van der Waals surface area contributed by atoms with Gasteiger partial charge in [0.1, 0.15) is 6.54 Å². The molecule has 0 bridgehead atoms. The maximum atomic E-state index is 12.3. The lowest BCUT2D eigenvalue weighted by molar-refractivity contribution is -0.120. The van der Waals surface area contributed by atoms with Gasteiger partial charge in [-0.05, 0) is 55.3 Å². The number of amides is 2. The number of nitrogens with one attached hydrogen (secondary N) is 1. The van der Waals surface area contributed by atoms with Gasteiger partial charge in [-0.3, -0.25) is 9.59 Å². The molecular formula is C18H18Cl2N2O2. The molecule has 126 valence electrons. The minimum atomic E-state index is -0.331. The van der Waals surface area contributed by atoms with E-state index < -0.39 is 0 Å². The number of hydrogen-bond acceptors (Lipinski definition) is 2. The first-order chi connectivity index (χ1) is 11.2. The molecule has 0 heterocycles.